The average Bonchev–Trinajstić information content (AvgIpc) is 3.13. The summed E-state index contributed by atoms with van der Waals surface area (Å²) in [6.07, 6.45) is -4.26. The van der Waals surface area contributed by atoms with Gasteiger partial charge in [0.05, 0.1) is 43.6 Å². The molecule has 0 aromatic heterocycles. The molecule has 204 valence electrons. The second-order valence-corrected chi connectivity index (χ2v) is 9.19. The molecule has 1 fully saturated rings. The van der Waals surface area contributed by atoms with Crippen LogP contribution in [-0.4, -0.2) is 80.6 Å². The van der Waals surface area contributed by atoms with E-state index < -0.39 is 36.5 Å². The maximum Gasteiger partial charge on any atom is 0.401 e. The third-order valence-corrected chi connectivity index (χ3v) is 6.81. The van der Waals surface area contributed by atoms with Gasteiger partial charge in [0.25, 0.3) is 11.8 Å². The van der Waals surface area contributed by atoms with Gasteiger partial charge in [0.1, 0.15) is 0 Å². The van der Waals surface area contributed by atoms with E-state index in [2.05, 4.69) is 0 Å². The summed E-state index contributed by atoms with van der Waals surface area (Å²) in [5, 5.41) is 0. The van der Waals surface area contributed by atoms with E-state index >= 15 is 0 Å². The Morgan fingerprint density at radius 1 is 1.00 bits per heavy atom. The van der Waals surface area contributed by atoms with Gasteiger partial charge >= 0.3 is 6.18 Å². The molecule has 12 heteroatoms. The third kappa shape index (κ3) is 5.54. The molecule has 1 unspecified atom stereocenters. The number of benzene rings is 2. The molecule has 0 saturated carbocycles. The molecule has 2 aromatic rings. The van der Waals surface area contributed by atoms with E-state index in [1.165, 1.54) is 19.1 Å². The van der Waals surface area contributed by atoms with Crippen LogP contribution in [0.25, 0.3) is 0 Å². The fourth-order valence-electron chi connectivity index (χ4n) is 5.02. The Labute approximate surface area is 217 Å². The van der Waals surface area contributed by atoms with E-state index in [1.807, 2.05) is 4.90 Å². The number of amides is 3. The number of primary amides is 1. The molecular weight excluding hydrogens is 505 g/mol. The van der Waals surface area contributed by atoms with Crippen LogP contribution in [0.15, 0.2) is 36.4 Å². The summed E-state index contributed by atoms with van der Waals surface area (Å²) in [7, 11) is 2.94. The first kappa shape index (κ1) is 27.2. The SMILES string of the molecule is COc1ccc(C(CCC(N)=O)N2C(=O)c3cccc(N4CCN(CC(F)(F)F)CC4)c3C2=O)cc1OC. The lowest BCUT2D eigenvalue weighted by Crippen LogP contribution is -2.49. The summed E-state index contributed by atoms with van der Waals surface area (Å²) in [6.45, 7) is -0.112. The maximum absolute atomic E-state index is 13.8. The second kappa shape index (κ2) is 10.9. The van der Waals surface area contributed by atoms with Crippen LogP contribution in [0.3, 0.4) is 0 Å². The first-order valence-electron chi connectivity index (χ1n) is 12.1. The molecule has 2 heterocycles. The molecule has 4 rings (SSSR count). The zero-order chi connectivity index (χ0) is 27.6. The zero-order valence-electron chi connectivity index (χ0n) is 21.1. The third-order valence-electron chi connectivity index (χ3n) is 6.81. The fourth-order valence-corrected chi connectivity index (χ4v) is 5.02. The quantitative estimate of drug-likeness (QED) is 0.493. The van der Waals surface area contributed by atoms with Crippen LogP contribution < -0.4 is 20.1 Å². The first-order valence-corrected chi connectivity index (χ1v) is 12.1. The van der Waals surface area contributed by atoms with Gasteiger partial charge in [-0.15, -0.1) is 0 Å². The van der Waals surface area contributed by atoms with Crippen molar-refractivity contribution >= 4 is 23.4 Å². The molecule has 9 nitrogen and oxygen atoms in total. The average molecular weight is 535 g/mol. The minimum Gasteiger partial charge on any atom is -0.493 e. The number of hydrogen-bond acceptors (Lipinski definition) is 7. The van der Waals surface area contributed by atoms with Crippen LogP contribution in [0.2, 0.25) is 0 Å². The number of ether oxygens (including phenoxy) is 2. The van der Waals surface area contributed by atoms with Crippen molar-refractivity contribution in [1.82, 2.24) is 9.80 Å². The van der Waals surface area contributed by atoms with Crippen LogP contribution >= 0.6 is 0 Å². The normalized spacial score (nSPS) is 17.0. The van der Waals surface area contributed by atoms with Gasteiger partial charge in [-0.2, -0.15) is 13.2 Å². The summed E-state index contributed by atoms with van der Waals surface area (Å²) < 4.78 is 49.1. The van der Waals surface area contributed by atoms with Crippen LogP contribution in [0, 0.1) is 0 Å². The van der Waals surface area contributed by atoms with Crippen molar-refractivity contribution in [2.75, 3.05) is 51.8 Å². The number of carbonyl (C=O) groups is 3. The Kier molecular flexibility index (Phi) is 7.81. The van der Waals surface area contributed by atoms with Crippen LogP contribution in [0.5, 0.6) is 11.5 Å². The van der Waals surface area contributed by atoms with Crippen molar-refractivity contribution in [1.29, 1.82) is 0 Å². The molecule has 38 heavy (non-hydrogen) atoms. The molecule has 0 bridgehead atoms. The van der Waals surface area contributed by atoms with E-state index in [0.717, 1.165) is 4.90 Å². The number of nitrogens with zero attached hydrogens (tertiary/aromatic N) is 3. The molecule has 0 spiro atoms. The number of alkyl halides is 3. The van der Waals surface area contributed by atoms with Crippen molar-refractivity contribution in [2.45, 2.75) is 25.1 Å². The van der Waals surface area contributed by atoms with Crippen molar-refractivity contribution in [3.8, 4) is 11.5 Å². The topological polar surface area (TPSA) is 105 Å². The predicted octanol–water partition coefficient (Wildman–Crippen LogP) is 2.99. The molecule has 0 radical (unpaired) electrons. The number of halogens is 3. The van der Waals surface area contributed by atoms with Gasteiger partial charge in [0.2, 0.25) is 5.91 Å². The Hall–Kier alpha value is -3.80. The molecular formula is C26H29F3N4O5. The molecule has 2 N–H and O–H groups in total. The highest BCUT2D eigenvalue weighted by Crippen LogP contribution is 2.40. The number of hydrogen-bond donors (Lipinski definition) is 1. The molecule has 2 aromatic carbocycles. The number of carbonyl (C=O) groups excluding carboxylic acids is 3. The number of nitrogens with two attached hydrogens (primary N) is 1. The number of anilines is 1. The molecule has 2 aliphatic rings. The smallest absolute Gasteiger partial charge is 0.401 e. The van der Waals surface area contributed by atoms with Crippen LogP contribution in [0.4, 0.5) is 18.9 Å². The molecule has 2 aliphatic heterocycles. The summed E-state index contributed by atoms with van der Waals surface area (Å²) in [5.74, 6) is -0.791. The summed E-state index contributed by atoms with van der Waals surface area (Å²) >= 11 is 0. The Morgan fingerprint density at radius 3 is 2.29 bits per heavy atom. The van der Waals surface area contributed by atoms with Gasteiger partial charge in [-0.3, -0.25) is 24.2 Å². The number of piperazine rings is 1. The Bertz CT molecular complexity index is 1230. The Balaban J connectivity index is 1.65. The highest BCUT2D eigenvalue weighted by molar-refractivity contribution is 6.24. The number of rotatable bonds is 9. The summed E-state index contributed by atoms with van der Waals surface area (Å²) in [4.78, 5) is 43.3. The number of methoxy groups -OCH3 is 2. The molecule has 0 aliphatic carbocycles. The predicted molar refractivity (Wildman–Crippen MR) is 132 cm³/mol. The van der Waals surface area contributed by atoms with Gasteiger partial charge in [-0.1, -0.05) is 12.1 Å². The monoisotopic (exact) mass is 534 g/mol. The van der Waals surface area contributed by atoms with Crippen molar-refractivity contribution in [3.63, 3.8) is 0 Å². The molecule has 3 amide bonds. The minimum absolute atomic E-state index is 0.0690. The van der Waals surface area contributed by atoms with E-state index in [9.17, 15) is 27.6 Å². The van der Waals surface area contributed by atoms with Crippen molar-refractivity contribution < 1.29 is 37.0 Å². The lowest BCUT2D eigenvalue weighted by Gasteiger charge is -2.37. The van der Waals surface area contributed by atoms with Gasteiger partial charge in [0.15, 0.2) is 11.5 Å². The largest absolute Gasteiger partial charge is 0.493 e. The van der Waals surface area contributed by atoms with Gasteiger partial charge in [-0.25, -0.2) is 0 Å². The van der Waals surface area contributed by atoms with Crippen molar-refractivity contribution in [2.24, 2.45) is 5.73 Å². The van der Waals surface area contributed by atoms with E-state index in [1.54, 1.807) is 36.4 Å². The first-order chi connectivity index (χ1) is 18.0. The highest BCUT2D eigenvalue weighted by Gasteiger charge is 2.43. The van der Waals surface area contributed by atoms with E-state index in [-0.39, 0.29) is 50.1 Å². The standard InChI is InChI=1S/C26H29F3N4O5/c1-37-20-8-6-16(14-21(20)38-2)18(7-9-22(30)34)33-24(35)17-4-3-5-19(23(17)25(33)36)32-12-10-31(11-13-32)15-26(27,28)29/h3-6,8,14,18H,7,9-13,15H2,1-2H3,(H2,30,34). The summed E-state index contributed by atoms with van der Waals surface area (Å²) in [5.41, 5.74) is 6.85. The molecule has 1 saturated heterocycles. The van der Waals surface area contributed by atoms with E-state index in [0.29, 0.717) is 22.7 Å². The van der Waals surface area contributed by atoms with Crippen molar-refractivity contribution in [3.05, 3.63) is 53.1 Å². The van der Waals surface area contributed by atoms with Crippen LogP contribution in [0.1, 0.15) is 45.2 Å². The Morgan fingerprint density at radius 2 is 1.68 bits per heavy atom. The minimum atomic E-state index is -4.29. The second-order valence-electron chi connectivity index (χ2n) is 9.19. The number of fused-ring (bicyclic) bond motifs is 1. The lowest BCUT2D eigenvalue weighted by atomic mass is 9.99. The van der Waals surface area contributed by atoms with Gasteiger partial charge in [-0.05, 0) is 36.2 Å². The fraction of sp³-hybridized carbons (Fsp3) is 0.423. The van der Waals surface area contributed by atoms with Gasteiger partial charge in [0, 0.05) is 32.6 Å². The highest BCUT2D eigenvalue weighted by atomic mass is 19.4. The molecule has 1 atom stereocenters. The van der Waals surface area contributed by atoms with Crippen LogP contribution in [-0.2, 0) is 4.79 Å². The van der Waals surface area contributed by atoms with E-state index in [4.69, 9.17) is 15.2 Å². The summed E-state index contributed by atoms with van der Waals surface area (Å²) in [6, 6.07) is 9.08. The lowest BCUT2D eigenvalue weighted by molar-refractivity contribution is -0.146. The zero-order valence-corrected chi connectivity index (χ0v) is 21.1. The maximum atomic E-state index is 13.8. The number of imide groups is 1. The van der Waals surface area contributed by atoms with Gasteiger partial charge < -0.3 is 20.1 Å².